The van der Waals surface area contributed by atoms with Gasteiger partial charge >= 0.3 is 12.1 Å². The first-order valence-corrected chi connectivity index (χ1v) is 19.2. The minimum absolute atomic E-state index is 0.0951. The zero-order chi connectivity index (χ0) is 35.2. The van der Waals surface area contributed by atoms with Crippen molar-refractivity contribution in [2.75, 3.05) is 13.2 Å². The van der Waals surface area contributed by atoms with Crippen LogP contribution in [0, 0.1) is 0 Å². The van der Waals surface area contributed by atoms with Gasteiger partial charge in [-0.05, 0) is 56.1 Å². The second-order valence-corrected chi connectivity index (χ2v) is 18.4. The number of benzene rings is 5. The number of fused-ring (bicyclic) bond motifs is 3. The van der Waals surface area contributed by atoms with Crippen molar-refractivity contribution >= 4 is 30.8 Å². The molecule has 0 bridgehead atoms. The minimum atomic E-state index is -2.82. The van der Waals surface area contributed by atoms with E-state index in [0.717, 1.165) is 38.2 Å². The normalized spacial score (nSPS) is 13.9. The Hall–Kier alpha value is -4.98. The average molecular weight is 684 g/mol. The number of carbonyl (C=O) groups is 2. The minimum Gasteiger partial charge on any atom is -0.479 e. The molecule has 1 aliphatic rings. The highest BCUT2D eigenvalue weighted by molar-refractivity contribution is 6.99. The Kier molecular flexibility index (Phi) is 10.4. The maximum absolute atomic E-state index is 13.6. The van der Waals surface area contributed by atoms with E-state index in [1.807, 2.05) is 91.0 Å². The van der Waals surface area contributed by atoms with Gasteiger partial charge in [-0.25, -0.2) is 9.59 Å². The van der Waals surface area contributed by atoms with Crippen LogP contribution in [0.2, 0.25) is 5.04 Å². The van der Waals surface area contributed by atoms with E-state index in [1.54, 1.807) is 0 Å². The number of hydrogen-bond donors (Lipinski definition) is 2. The molecule has 50 heavy (non-hydrogen) atoms. The summed E-state index contributed by atoms with van der Waals surface area (Å²) in [7, 11) is -2.82. The highest BCUT2D eigenvalue weighted by Crippen LogP contribution is 2.44. The molecule has 1 atom stereocenters. The van der Waals surface area contributed by atoms with E-state index in [1.165, 1.54) is 0 Å². The molecule has 0 fully saturated rings. The van der Waals surface area contributed by atoms with Gasteiger partial charge in [0, 0.05) is 18.9 Å². The summed E-state index contributed by atoms with van der Waals surface area (Å²) in [6.45, 7) is 7.07. The Bertz CT molecular complexity index is 1820. The van der Waals surface area contributed by atoms with Crippen molar-refractivity contribution in [1.82, 2.24) is 5.32 Å². The van der Waals surface area contributed by atoms with Crippen LogP contribution in [0.15, 0.2) is 140 Å². The van der Waals surface area contributed by atoms with Crippen LogP contribution in [0.1, 0.15) is 56.2 Å². The third kappa shape index (κ3) is 7.02. The fourth-order valence-corrected chi connectivity index (χ4v) is 12.2. The molecule has 5 aromatic carbocycles. The fraction of sp³-hybridized carbons (Fsp3) is 0.256. The molecule has 2 N–H and O–H groups in total. The number of carbonyl (C=O) groups excluding carboxylic acids is 1. The number of rotatable bonds is 13. The summed E-state index contributed by atoms with van der Waals surface area (Å²) in [5, 5.41) is 15.7. The second-order valence-electron chi connectivity index (χ2n) is 14.1. The molecule has 0 spiro atoms. The summed E-state index contributed by atoms with van der Waals surface area (Å²) in [5.74, 6) is -1.25. The van der Waals surface area contributed by atoms with Gasteiger partial charge in [0.15, 0.2) is 0 Å². The van der Waals surface area contributed by atoms with Crippen molar-refractivity contribution in [2.24, 2.45) is 0 Å². The number of nitrogens with one attached hydrogen (secondary N) is 1. The van der Waals surface area contributed by atoms with E-state index in [9.17, 15) is 14.7 Å². The Morgan fingerprint density at radius 3 is 1.68 bits per heavy atom. The van der Waals surface area contributed by atoms with Gasteiger partial charge in [-0.15, -0.1) is 0 Å². The molecule has 0 saturated carbocycles. The summed E-state index contributed by atoms with van der Waals surface area (Å²) in [6.07, 6.45) is -0.0856. The number of amides is 1. The molecule has 6 rings (SSSR count). The molecular weight excluding hydrogens is 639 g/mol. The lowest BCUT2D eigenvalue weighted by atomic mass is 9.86. The first-order valence-electron chi connectivity index (χ1n) is 17.3. The lowest BCUT2D eigenvalue weighted by Gasteiger charge is -2.43. The van der Waals surface area contributed by atoms with Gasteiger partial charge in [0.05, 0.1) is 0 Å². The molecule has 7 heteroatoms. The molecule has 0 heterocycles. The maximum atomic E-state index is 13.6. The topological polar surface area (TPSA) is 84.9 Å². The smallest absolute Gasteiger partial charge is 0.408 e. The Labute approximate surface area is 296 Å². The van der Waals surface area contributed by atoms with Gasteiger partial charge in [-0.3, -0.25) is 0 Å². The molecular formula is C43H45NO5Si. The lowest BCUT2D eigenvalue weighted by molar-refractivity contribution is -0.145. The maximum Gasteiger partial charge on any atom is 0.408 e. The highest BCUT2D eigenvalue weighted by atomic mass is 28.4. The van der Waals surface area contributed by atoms with Gasteiger partial charge in [0.1, 0.15) is 12.1 Å². The largest absolute Gasteiger partial charge is 0.479 e. The first-order chi connectivity index (χ1) is 24.1. The quantitative estimate of drug-likeness (QED) is 0.0973. The molecule has 256 valence electrons. The predicted molar refractivity (Wildman–Crippen MR) is 202 cm³/mol. The Morgan fingerprint density at radius 2 is 1.18 bits per heavy atom. The SMILES string of the molecule is CC(C)(C)[Si](OCCC[C@@](Cc1ccccc1)(NC(=O)OCC1c2ccccc2-c2ccccc21)C(=O)O)(c1ccccc1)c1ccccc1. The van der Waals surface area contributed by atoms with Gasteiger partial charge in [0.25, 0.3) is 8.32 Å². The van der Waals surface area contributed by atoms with E-state index in [0.29, 0.717) is 13.0 Å². The molecule has 1 amide bonds. The fourth-order valence-electron chi connectivity index (χ4n) is 7.57. The van der Waals surface area contributed by atoms with E-state index in [-0.39, 0.29) is 30.4 Å². The first kappa shape index (κ1) is 34.9. The van der Waals surface area contributed by atoms with Crippen molar-refractivity contribution in [3.05, 3.63) is 156 Å². The molecule has 6 nitrogen and oxygen atoms in total. The summed E-state index contributed by atoms with van der Waals surface area (Å²) in [5.41, 5.74) is 3.64. The molecule has 0 radical (unpaired) electrons. The lowest BCUT2D eigenvalue weighted by Crippen LogP contribution is -2.66. The second kappa shape index (κ2) is 14.9. The van der Waals surface area contributed by atoms with Gasteiger partial charge < -0.3 is 19.6 Å². The van der Waals surface area contributed by atoms with E-state index in [2.05, 4.69) is 74.6 Å². The van der Waals surface area contributed by atoms with Gasteiger partial charge in [0.2, 0.25) is 0 Å². The third-order valence-electron chi connectivity index (χ3n) is 9.93. The number of alkyl carbamates (subject to hydrolysis) is 1. The van der Waals surface area contributed by atoms with Gasteiger partial charge in [-0.1, -0.05) is 160 Å². The third-order valence-corrected chi connectivity index (χ3v) is 15.0. The van der Waals surface area contributed by atoms with Crippen molar-refractivity contribution in [3.8, 4) is 11.1 Å². The van der Waals surface area contributed by atoms with Crippen LogP contribution in [0.5, 0.6) is 0 Å². The van der Waals surface area contributed by atoms with Gasteiger partial charge in [-0.2, -0.15) is 0 Å². The molecule has 0 saturated heterocycles. The van der Waals surface area contributed by atoms with Crippen LogP contribution >= 0.6 is 0 Å². The molecule has 5 aromatic rings. The number of carboxylic acid groups (broad SMARTS) is 1. The number of aliphatic carboxylic acids is 1. The standard InChI is InChI=1S/C43H45NO5Si/c1-42(2,3)50(33-20-9-5-10-21-33,34-22-11-6-12-23-34)49-29-17-28-43(40(45)46,30-32-18-7-4-8-19-32)44-41(47)48-31-39-37-26-15-13-24-35(37)36-25-14-16-27-38(36)39/h4-16,18-27,39H,17,28-31H2,1-3H3,(H,44,47)(H,45,46)/t43-/m0/s1. The molecule has 1 aliphatic carbocycles. The van der Waals surface area contributed by atoms with Crippen LogP contribution in [0.3, 0.4) is 0 Å². The van der Waals surface area contributed by atoms with Crippen molar-refractivity contribution in [2.45, 2.75) is 56.5 Å². The number of carboxylic acids is 1. The van der Waals surface area contributed by atoms with Crippen LogP contribution in [-0.2, 0) is 20.4 Å². The van der Waals surface area contributed by atoms with Crippen molar-refractivity contribution in [1.29, 1.82) is 0 Å². The van der Waals surface area contributed by atoms with Crippen molar-refractivity contribution in [3.63, 3.8) is 0 Å². The monoisotopic (exact) mass is 683 g/mol. The predicted octanol–water partition coefficient (Wildman–Crippen LogP) is 7.95. The zero-order valence-electron chi connectivity index (χ0n) is 29.0. The summed E-state index contributed by atoms with van der Waals surface area (Å²) in [6, 6.07) is 46.4. The van der Waals surface area contributed by atoms with E-state index >= 15 is 0 Å². The van der Waals surface area contributed by atoms with E-state index in [4.69, 9.17) is 9.16 Å². The van der Waals surface area contributed by atoms with Crippen LogP contribution in [0.25, 0.3) is 11.1 Å². The Morgan fingerprint density at radius 1 is 0.700 bits per heavy atom. The average Bonchev–Trinajstić information content (AvgIpc) is 3.45. The molecule has 0 aromatic heterocycles. The summed E-state index contributed by atoms with van der Waals surface area (Å²) in [4.78, 5) is 26.8. The summed E-state index contributed by atoms with van der Waals surface area (Å²) < 4.78 is 12.9. The molecule has 0 unspecified atom stereocenters. The molecule has 0 aliphatic heterocycles. The number of hydrogen-bond acceptors (Lipinski definition) is 4. The van der Waals surface area contributed by atoms with Crippen molar-refractivity contribution < 1.29 is 23.9 Å². The highest BCUT2D eigenvalue weighted by Gasteiger charge is 2.50. The zero-order valence-corrected chi connectivity index (χ0v) is 30.0. The van der Waals surface area contributed by atoms with Crippen LogP contribution in [-0.4, -0.2) is 44.2 Å². The Balaban J connectivity index is 1.23. The van der Waals surface area contributed by atoms with Crippen LogP contribution in [0.4, 0.5) is 4.79 Å². The summed E-state index contributed by atoms with van der Waals surface area (Å²) >= 11 is 0. The van der Waals surface area contributed by atoms with Crippen LogP contribution < -0.4 is 15.7 Å². The van der Waals surface area contributed by atoms with E-state index < -0.39 is 25.9 Å². The number of ether oxygens (including phenoxy) is 1.